The first-order chi connectivity index (χ1) is 8.65. The molecule has 0 bridgehead atoms. The first-order valence-electron chi connectivity index (χ1n) is 5.53. The number of anilines is 1. The van der Waals surface area contributed by atoms with Crippen molar-refractivity contribution in [2.24, 2.45) is 0 Å². The zero-order chi connectivity index (χ0) is 14.8. The molecule has 0 spiro atoms. The predicted molar refractivity (Wildman–Crippen MR) is 78.0 cm³/mol. The summed E-state index contributed by atoms with van der Waals surface area (Å²) in [6.07, 6.45) is -0.605. The zero-order valence-electron chi connectivity index (χ0n) is 11.4. The standard InChI is InChI=1S/C12H16BrNO4S/c1-6-7(10(15)17-5)9(19-8(6)13)14-11(16)18-12(2,3)4/h1-5H3,(H,14,16). The first kappa shape index (κ1) is 16.0. The van der Waals surface area contributed by atoms with E-state index in [4.69, 9.17) is 9.47 Å². The van der Waals surface area contributed by atoms with E-state index in [1.807, 2.05) is 0 Å². The molecule has 5 nitrogen and oxygen atoms in total. The maximum Gasteiger partial charge on any atom is 0.412 e. The van der Waals surface area contributed by atoms with E-state index >= 15 is 0 Å². The van der Waals surface area contributed by atoms with Crippen LogP contribution in [-0.2, 0) is 9.47 Å². The molecule has 0 saturated heterocycles. The van der Waals surface area contributed by atoms with Crippen LogP contribution in [0.3, 0.4) is 0 Å². The fourth-order valence-corrected chi connectivity index (χ4v) is 2.91. The molecule has 0 fully saturated rings. The summed E-state index contributed by atoms with van der Waals surface area (Å²) in [7, 11) is 1.30. The molecule has 106 valence electrons. The molecule has 0 aliphatic rings. The number of rotatable bonds is 2. The van der Waals surface area contributed by atoms with Crippen molar-refractivity contribution in [2.75, 3.05) is 12.4 Å². The van der Waals surface area contributed by atoms with Crippen LogP contribution < -0.4 is 5.32 Å². The number of hydrogen-bond donors (Lipinski definition) is 1. The number of methoxy groups -OCH3 is 1. The highest BCUT2D eigenvalue weighted by atomic mass is 79.9. The van der Waals surface area contributed by atoms with Gasteiger partial charge >= 0.3 is 12.1 Å². The molecule has 0 atom stereocenters. The smallest absolute Gasteiger partial charge is 0.412 e. The van der Waals surface area contributed by atoms with Crippen molar-refractivity contribution < 1.29 is 19.1 Å². The Morgan fingerprint density at radius 1 is 1.32 bits per heavy atom. The summed E-state index contributed by atoms with van der Waals surface area (Å²) in [6.45, 7) is 7.07. The molecule has 1 aromatic rings. The molecule has 0 aromatic carbocycles. The van der Waals surface area contributed by atoms with Crippen molar-refractivity contribution >= 4 is 44.3 Å². The molecular weight excluding hydrogens is 334 g/mol. The molecular formula is C12H16BrNO4S. The van der Waals surface area contributed by atoms with Crippen LogP contribution in [0.2, 0.25) is 0 Å². The lowest BCUT2D eigenvalue weighted by Crippen LogP contribution is -2.27. The molecule has 1 N–H and O–H groups in total. The molecule has 1 heterocycles. The lowest BCUT2D eigenvalue weighted by molar-refractivity contribution is 0.0601. The van der Waals surface area contributed by atoms with Gasteiger partial charge in [0.15, 0.2) is 0 Å². The monoisotopic (exact) mass is 349 g/mol. The van der Waals surface area contributed by atoms with Crippen molar-refractivity contribution in [2.45, 2.75) is 33.3 Å². The quantitative estimate of drug-likeness (QED) is 0.821. The van der Waals surface area contributed by atoms with Crippen LogP contribution in [-0.4, -0.2) is 24.8 Å². The molecule has 1 aromatic heterocycles. The van der Waals surface area contributed by atoms with Crippen molar-refractivity contribution in [1.82, 2.24) is 0 Å². The SMILES string of the molecule is COC(=O)c1c(NC(=O)OC(C)(C)C)sc(Br)c1C. The fourth-order valence-electron chi connectivity index (χ4n) is 1.32. The van der Waals surface area contributed by atoms with E-state index in [2.05, 4.69) is 21.2 Å². The summed E-state index contributed by atoms with van der Waals surface area (Å²) in [6, 6.07) is 0. The number of thiophene rings is 1. The molecule has 19 heavy (non-hydrogen) atoms. The average molecular weight is 350 g/mol. The third-order valence-electron chi connectivity index (χ3n) is 2.09. The Kier molecular flexibility index (Phi) is 4.98. The maximum absolute atomic E-state index is 11.7. The Morgan fingerprint density at radius 3 is 2.37 bits per heavy atom. The third-order valence-corrected chi connectivity index (χ3v) is 4.17. The van der Waals surface area contributed by atoms with Crippen molar-refractivity contribution in [3.05, 3.63) is 14.9 Å². The minimum Gasteiger partial charge on any atom is -0.465 e. The maximum atomic E-state index is 11.7. The number of carbonyl (C=O) groups is 2. The van der Waals surface area contributed by atoms with Gasteiger partial charge in [-0.05, 0) is 49.2 Å². The number of esters is 1. The van der Waals surface area contributed by atoms with Gasteiger partial charge in [0.1, 0.15) is 10.6 Å². The summed E-state index contributed by atoms with van der Waals surface area (Å²) in [5, 5.41) is 2.98. The van der Waals surface area contributed by atoms with Crippen LogP contribution in [0, 0.1) is 6.92 Å². The first-order valence-corrected chi connectivity index (χ1v) is 7.14. The second-order valence-corrected chi connectivity index (χ2v) is 7.16. The van der Waals surface area contributed by atoms with Gasteiger partial charge in [-0.1, -0.05) is 0 Å². The summed E-state index contributed by atoms with van der Waals surface area (Å²) >= 11 is 4.58. The van der Waals surface area contributed by atoms with Gasteiger partial charge in [0.25, 0.3) is 0 Å². The van der Waals surface area contributed by atoms with Gasteiger partial charge < -0.3 is 9.47 Å². The van der Waals surface area contributed by atoms with Gasteiger partial charge in [0.05, 0.1) is 16.5 Å². The van der Waals surface area contributed by atoms with Crippen LogP contribution in [0.15, 0.2) is 3.79 Å². The lowest BCUT2D eigenvalue weighted by Gasteiger charge is -2.19. The Labute approximate surface area is 124 Å². The second-order valence-electron chi connectivity index (χ2n) is 4.82. The summed E-state index contributed by atoms with van der Waals surface area (Å²) < 4.78 is 10.6. The van der Waals surface area contributed by atoms with E-state index in [0.717, 1.165) is 9.35 Å². The van der Waals surface area contributed by atoms with Crippen LogP contribution >= 0.6 is 27.3 Å². The van der Waals surface area contributed by atoms with Crippen LogP contribution in [0.5, 0.6) is 0 Å². The Balaban J connectivity index is 2.99. The van der Waals surface area contributed by atoms with Gasteiger partial charge in [-0.2, -0.15) is 0 Å². The summed E-state index contributed by atoms with van der Waals surface area (Å²) in [5.74, 6) is -0.495. The number of nitrogens with one attached hydrogen (secondary N) is 1. The van der Waals surface area contributed by atoms with E-state index in [1.54, 1.807) is 27.7 Å². The number of halogens is 1. The highest BCUT2D eigenvalue weighted by molar-refractivity contribution is 9.11. The van der Waals surface area contributed by atoms with E-state index < -0.39 is 17.7 Å². The van der Waals surface area contributed by atoms with Gasteiger partial charge in [0, 0.05) is 0 Å². The third kappa shape index (κ3) is 4.21. The Morgan fingerprint density at radius 2 is 1.89 bits per heavy atom. The zero-order valence-corrected chi connectivity index (χ0v) is 13.8. The molecule has 1 amide bonds. The molecule has 7 heteroatoms. The van der Waals surface area contributed by atoms with Crippen LogP contribution in [0.1, 0.15) is 36.7 Å². The van der Waals surface area contributed by atoms with Gasteiger partial charge in [0.2, 0.25) is 0 Å². The second kappa shape index (κ2) is 5.92. The van der Waals surface area contributed by atoms with E-state index in [0.29, 0.717) is 10.6 Å². The number of amides is 1. The normalized spacial score (nSPS) is 11.1. The molecule has 1 rings (SSSR count). The average Bonchev–Trinajstić information content (AvgIpc) is 2.51. The predicted octanol–water partition coefficient (Wildman–Crippen LogP) is 3.95. The largest absolute Gasteiger partial charge is 0.465 e. The Hall–Kier alpha value is -1.08. The number of ether oxygens (including phenoxy) is 2. The van der Waals surface area contributed by atoms with Gasteiger partial charge in [-0.25, -0.2) is 9.59 Å². The lowest BCUT2D eigenvalue weighted by atomic mass is 10.2. The van der Waals surface area contributed by atoms with Crippen LogP contribution in [0.25, 0.3) is 0 Å². The van der Waals surface area contributed by atoms with Crippen molar-refractivity contribution in [1.29, 1.82) is 0 Å². The highest BCUT2D eigenvalue weighted by Crippen LogP contribution is 2.37. The minimum atomic E-state index is -0.605. The van der Waals surface area contributed by atoms with Gasteiger partial charge in [-0.3, -0.25) is 5.32 Å². The molecule has 0 saturated carbocycles. The van der Waals surface area contributed by atoms with Crippen molar-refractivity contribution in [3.8, 4) is 0 Å². The molecule has 0 radical (unpaired) electrons. The minimum absolute atomic E-state index is 0.338. The number of carbonyl (C=O) groups excluding carboxylic acids is 2. The van der Waals surface area contributed by atoms with E-state index in [-0.39, 0.29) is 0 Å². The van der Waals surface area contributed by atoms with Crippen LogP contribution in [0.4, 0.5) is 9.80 Å². The topological polar surface area (TPSA) is 64.6 Å². The molecule has 0 aliphatic carbocycles. The van der Waals surface area contributed by atoms with E-state index in [9.17, 15) is 9.59 Å². The van der Waals surface area contributed by atoms with Gasteiger partial charge in [-0.15, -0.1) is 11.3 Å². The molecule has 0 aliphatic heterocycles. The fraction of sp³-hybridized carbons (Fsp3) is 0.500. The Bertz CT molecular complexity index is 505. The number of hydrogen-bond acceptors (Lipinski definition) is 5. The molecule has 0 unspecified atom stereocenters. The summed E-state index contributed by atoms with van der Waals surface area (Å²) in [5.41, 5.74) is 0.465. The summed E-state index contributed by atoms with van der Waals surface area (Å²) in [4.78, 5) is 23.4. The van der Waals surface area contributed by atoms with Crippen molar-refractivity contribution in [3.63, 3.8) is 0 Å². The van der Waals surface area contributed by atoms with E-state index in [1.165, 1.54) is 18.4 Å². The highest BCUT2D eigenvalue weighted by Gasteiger charge is 2.24.